The van der Waals surface area contributed by atoms with Gasteiger partial charge >= 0.3 is 0 Å². The number of aliphatic hydroxyl groups excluding tert-OH is 1. The maximum atomic E-state index is 13.9. The molecule has 0 spiro atoms. The molecule has 0 radical (unpaired) electrons. The first-order chi connectivity index (χ1) is 17.0. The van der Waals surface area contributed by atoms with E-state index in [0.29, 0.717) is 12.3 Å². The van der Waals surface area contributed by atoms with Crippen LogP contribution in [-0.2, 0) is 14.4 Å². The molecule has 1 aromatic heterocycles. The molecule has 4 aliphatic carbocycles. The van der Waals surface area contributed by atoms with Gasteiger partial charge in [0.1, 0.15) is 12.1 Å². The Morgan fingerprint density at radius 1 is 1.19 bits per heavy atom. The van der Waals surface area contributed by atoms with Gasteiger partial charge in [-0.1, -0.05) is 26.0 Å². The number of carbonyl (C=O) groups is 3. The third-order valence-corrected chi connectivity index (χ3v) is 8.99. The number of amides is 3. The predicted molar refractivity (Wildman–Crippen MR) is 130 cm³/mol. The van der Waals surface area contributed by atoms with Crippen LogP contribution < -0.4 is 5.32 Å². The van der Waals surface area contributed by atoms with E-state index in [1.807, 2.05) is 31.9 Å². The Morgan fingerprint density at radius 3 is 2.56 bits per heavy atom. The van der Waals surface area contributed by atoms with Gasteiger partial charge in [0.25, 0.3) is 0 Å². The first-order valence-electron chi connectivity index (χ1n) is 13.5. The Hall–Kier alpha value is -2.49. The van der Waals surface area contributed by atoms with Gasteiger partial charge < -0.3 is 20.2 Å². The monoisotopic (exact) mass is 498 g/mol. The van der Waals surface area contributed by atoms with Crippen molar-refractivity contribution in [3.8, 4) is 0 Å². The largest absolute Gasteiger partial charge is 0.391 e. The van der Waals surface area contributed by atoms with Crippen molar-refractivity contribution in [2.75, 3.05) is 13.1 Å². The van der Waals surface area contributed by atoms with Crippen LogP contribution in [0.2, 0.25) is 0 Å². The summed E-state index contributed by atoms with van der Waals surface area (Å²) in [4.78, 5) is 43.4. The number of hydrogen-bond donors (Lipinski definition) is 2. The summed E-state index contributed by atoms with van der Waals surface area (Å²) in [6.07, 6.45) is 8.55. The highest BCUT2D eigenvalue weighted by atomic mass is 16.3. The van der Waals surface area contributed by atoms with Crippen molar-refractivity contribution in [1.82, 2.24) is 30.1 Å². The minimum absolute atomic E-state index is 0.0842. The first-order valence-corrected chi connectivity index (χ1v) is 13.5. The minimum atomic E-state index is -0.742. The zero-order valence-corrected chi connectivity index (χ0v) is 21.6. The highest BCUT2D eigenvalue weighted by Crippen LogP contribution is 2.64. The molecular formula is C26H38N6O4. The van der Waals surface area contributed by atoms with Gasteiger partial charge in [-0.2, -0.15) is 0 Å². The topological polar surface area (TPSA) is 121 Å². The second-order valence-electron chi connectivity index (χ2n) is 13.1. The molecule has 2 saturated heterocycles. The lowest BCUT2D eigenvalue weighted by molar-refractivity contribution is -0.195. The highest BCUT2D eigenvalue weighted by Gasteiger charge is 2.72. The molecule has 3 amide bonds. The molecule has 196 valence electrons. The number of piperidine rings is 1. The minimum Gasteiger partial charge on any atom is -0.391 e. The number of hydrogen-bond acceptors (Lipinski definition) is 6. The first kappa shape index (κ1) is 23.9. The smallest absolute Gasteiger partial charge is 0.248 e. The van der Waals surface area contributed by atoms with E-state index < -0.39 is 23.6 Å². The van der Waals surface area contributed by atoms with Gasteiger partial charge in [-0.3, -0.25) is 14.4 Å². The summed E-state index contributed by atoms with van der Waals surface area (Å²) in [5.41, 5.74) is 0.0871. The number of β-amino-alcohol motifs (C(OH)–C–C–N with tert-alkyl or cyclic N) is 1. The van der Waals surface area contributed by atoms with Gasteiger partial charge in [0, 0.05) is 49.1 Å². The number of aromatic nitrogens is 3. The Morgan fingerprint density at radius 2 is 1.92 bits per heavy atom. The van der Waals surface area contributed by atoms with Gasteiger partial charge in [0.15, 0.2) is 0 Å². The van der Waals surface area contributed by atoms with Gasteiger partial charge in [-0.15, -0.1) is 5.10 Å². The van der Waals surface area contributed by atoms with E-state index in [1.54, 1.807) is 9.58 Å². The lowest BCUT2D eigenvalue weighted by atomic mass is 9.43. The van der Waals surface area contributed by atoms with Crippen LogP contribution in [0.15, 0.2) is 6.20 Å². The fourth-order valence-corrected chi connectivity index (χ4v) is 7.13. The van der Waals surface area contributed by atoms with Gasteiger partial charge in [-0.25, -0.2) is 4.68 Å². The molecule has 6 fully saturated rings. The normalized spacial score (nSPS) is 34.7. The van der Waals surface area contributed by atoms with Crippen molar-refractivity contribution in [2.45, 2.75) is 114 Å². The molecule has 6 aliphatic rings. The van der Waals surface area contributed by atoms with E-state index in [-0.39, 0.29) is 41.8 Å². The third-order valence-electron chi connectivity index (χ3n) is 8.99. The van der Waals surface area contributed by atoms with E-state index >= 15 is 0 Å². The number of aliphatic hydroxyl groups is 1. The standard InChI is InChI=1S/C26H38N6O4/c1-24(2,3)21(32-12-18(28-29-32)16-7-8-16)23(36)30-11-17(33)10-19(30)22(35)27-25-13-26(14-25,15-25)31-9-5-4-6-20(31)34/h12,16-17,19,21,33H,4-11,13-15H2,1-3H3,(H,27,35)/t17-,19+,21-,25?,26?/m1/s1. The van der Waals surface area contributed by atoms with E-state index in [2.05, 4.69) is 15.6 Å². The van der Waals surface area contributed by atoms with Gasteiger partial charge in [0.05, 0.1) is 11.8 Å². The summed E-state index contributed by atoms with van der Waals surface area (Å²) >= 11 is 0. The van der Waals surface area contributed by atoms with Crippen LogP contribution in [0.25, 0.3) is 0 Å². The van der Waals surface area contributed by atoms with Crippen LogP contribution in [0.4, 0.5) is 0 Å². The average molecular weight is 499 g/mol. The summed E-state index contributed by atoms with van der Waals surface area (Å²) < 4.78 is 1.65. The van der Waals surface area contributed by atoms with Crippen LogP contribution in [0.5, 0.6) is 0 Å². The fraction of sp³-hybridized carbons (Fsp3) is 0.808. The van der Waals surface area contributed by atoms with Crippen LogP contribution >= 0.6 is 0 Å². The molecule has 3 heterocycles. The number of rotatable bonds is 6. The quantitative estimate of drug-likeness (QED) is 0.613. The summed E-state index contributed by atoms with van der Waals surface area (Å²) in [5, 5.41) is 22.3. The molecule has 0 aromatic carbocycles. The summed E-state index contributed by atoms with van der Waals surface area (Å²) in [6.45, 7) is 6.90. The zero-order chi connectivity index (χ0) is 25.5. The van der Waals surface area contributed by atoms with Crippen molar-refractivity contribution in [1.29, 1.82) is 0 Å². The molecule has 1 aromatic rings. The van der Waals surface area contributed by atoms with Crippen molar-refractivity contribution in [2.24, 2.45) is 5.41 Å². The van der Waals surface area contributed by atoms with E-state index in [9.17, 15) is 19.5 Å². The SMILES string of the molecule is CC(C)(C)[C@@H](C(=O)N1C[C@H](O)C[C@H]1C(=O)NC12CC(N3CCCCC3=O)(C1)C2)n1cc(C2CC2)nn1. The summed E-state index contributed by atoms with van der Waals surface area (Å²) in [7, 11) is 0. The molecule has 4 saturated carbocycles. The molecule has 2 aliphatic heterocycles. The molecule has 7 rings (SSSR count). The van der Waals surface area contributed by atoms with Crippen molar-refractivity contribution in [3.05, 3.63) is 11.9 Å². The predicted octanol–water partition coefficient (Wildman–Crippen LogP) is 1.51. The molecule has 3 atom stereocenters. The van der Waals surface area contributed by atoms with Gasteiger partial charge in [0.2, 0.25) is 17.7 Å². The second-order valence-corrected chi connectivity index (χ2v) is 13.1. The Balaban J connectivity index is 1.15. The van der Waals surface area contributed by atoms with Crippen LogP contribution in [0.3, 0.4) is 0 Å². The Kier molecular flexibility index (Phi) is 5.31. The van der Waals surface area contributed by atoms with Crippen LogP contribution in [0.1, 0.15) is 96.2 Å². The lowest BCUT2D eigenvalue weighted by Gasteiger charge is -2.74. The van der Waals surface area contributed by atoms with E-state index in [1.165, 1.54) is 0 Å². The number of nitrogens with zero attached hydrogens (tertiary/aromatic N) is 5. The lowest BCUT2D eigenvalue weighted by Crippen LogP contribution is -2.85. The summed E-state index contributed by atoms with van der Waals surface area (Å²) in [6, 6.07) is -1.34. The Bertz CT molecular complexity index is 1070. The van der Waals surface area contributed by atoms with E-state index in [0.717, 1.165) is 57.2 Å². The average Bonchev–Trinajstić information content (AvgIpc) is 3.36. The maximum absolute atomic E-state index is 13.9. The van der Waals surface area contributed by atoms with E-state index in [4.69, 9.17) is 0 Å². The van der Waals surface area contributed by atoms with Crippen LogP contribution in [-0.4, -0.2) is 83.9 Å². The van der Waals surface area contributed by atoms with Crippen molar-refractivity contribution >= 4 is 17.7 Å². The molecule has 2 N–H and O–H groups in total. The fourth-order valence-electron chi connectivity index (χ4n) is 7.13. The highest BCUT2D eigenvalue weighted by molar-refractivity contribution is 5.91. The van der Waals surface area contributed by atoms with Gasteiger partial charge in [-0.05, 0) is 50.4 Å². The number of nitrogens with one attached hydrogen (secondary N) is 1. The molecule has 0 unspecified atom stereocenters. The molecular weight excluding hydrogens is 460 g/mol. The molecule has 36 heavy (non-hydrogen) atoms. The van der Waals surface area contributed by atoms with Crippen molar-refractivity contribution in [3.63, 3.8) is 0 Å². The third kappa shape index (κ3) is 3.83. The molecule has 2 bridgehead atoms. The molecule has 10 heteroatoms. The Labute approximate surface area is 211 Å². The number of likely N-dealkylation sites (tertiary alicyclic amines) is 2. The zero-order valence-electron chi connectivity index (χ0n) is 21.6. The second kappa shape index (κ2) is 8.00. The van der Waals surface area contributed by atoms with Crippen molar-refractivity contribution < 1.29 is 19.5 Å². The van der Waals surface area contributed by atoms with Crippen LogP contribution in [0, 0.1) is 5.41 Å². The maximum Gasteiger partial charge on any atom is 0.248 e. The summed E-state index contributed by atoms with van der Waals surface area (Å²) in [5.74, 6) is 0.253. The molecule has 10 nitrogen and oxygen atoms in total. The number of carbonyl (C=O) groups excluding carboxylic acids is 3.